The second-order valence-electron chi connectivity index (χ2n) is 18.7. The summed E-state index contributed by atoms with van der Waals surface area (Å²) in [6, 6.07) is 13.8. The minimum absolute atomic E-state index is 0.0833. The molecule has 12 nitrogen and oxygen atoms in total. The Labute approximate surface area is 546 Å². The number of ether oxygens (including phenoxy) is 4. The quantitative estimate of drug-likeness (QED) is 0.0105. The van der Waals surface area contributed by atoms with Crippen LogP contribution < -0.4 is 0 Å². The van der Waals surface area contributed by atoms with Crippen molar-refractivity contribution >= 4 is 55.1 Å². The van der Waals surface area contributed by atoms with Crippen LogP contribution in [0.15, 0.2) is 78.5 Å². The molecule has 2 heterocycles. The predicted molar refractivity (Wildman–Crippen MR) is 378 cm³/mol. The van der Waals surface area contributed by atoms with Crippen molar-refractivity contribution in [1.29, 1.82) is 0 Å². The fourth-order valence-electron chi connectivity index (χ4n) is 5.30. The molecular weight excluding hydrogens is 1200 g/mol. The summed E-state index contributed by atoms with van der Waals surface area (Å²) >= 11 is 8.61. The number of carbonyl (C=O) groups is 1. The van der Waals surface area contributed by atoms with Crippen LogP contribution in [0.3, 0.4) is 0 Å². The molecule has 0 spiro atoms. The number of hydrogen-bond donors (Lipinski definition) is 6. The summed E-state index contributed by atoms with van der Waals surface area (Å²) in [6.07, 6.45) is 35.2. The number of carbonyl (C=O) groups excluding carboxylic acids is 1. The highest BCUT2D eigenvalue weighted by molar-refractivity contribution is 9.09. The van der Waals surface area contributed by atoms with Gasteiger partial charge in [0.1, 0.15) is 11.6 Å². The zero-order chi connectivity index (χ0) is 66.5. The first kappa shape index (κ1) is 102. The number of unbranched alkanes of at least 4 members (excludes halogenated alkanes) is 5. The van der Waals surface area contributed by atoms with E-state index >= 15 is 0 Å². The highest BCUT2D eigenvalue weighted by Crippen LogP contribution is 2.28. The average molecular weight is 1330 g/mol. The monoisotopic (exact) mass is 1330 g/mol. The third kappa shape index (κ3) is 117. The molecule has 1 aromatic carbocycles. The number of aromatic nitrogens is 1. The molecule has 2 aliphatic rings. The Hall–Kier alpha value is -2.01. The molecule has 1 aromatic heterocycles. The first-order valence-electron chi connectivity index (χ1n) is 31.9. The minimum Gasteiger partial charge on any atom is -0.462 e. The first-order chi connectivity index (χ1) is 41.1. The molecule has 85 heavy (non-hydrogen) atoms. The number of pyridine rings is 1. The van der Waals surface area contributed by atoms with E-state index in [2.05, 4.69) is 110 Å². The summed E-state index contributed by atoms with van der Waals surface area (Å²) in [7, 11) is 3.20. The Kier molecular flexibility index (Phi) is 124. The van der Waals surface area contributed by atoms with Gasteiger partial charge in [-0.1, -0.05) is 222 Å². The molecule has 1 aliphatic carbocycles. The summed E-state index contributed by atoms with van der Waals surface area (Å²) < 4.78 is 20.6. The fourth-order valence-corrected chi connectivity index (χ4v) is 7.78. The van der Waals surface area contributed by atoms with Crippen molar-refractivity contribution in [1.82, 2.24) is 4.98 Å². The average Bonchev–Trinajstić information content (AvgIpc) is 3.54. The lowest BCUT2D eigenvalue weighted by Crippen LogP contribution is -2.22. The number of alkyl halides is 2. The normalized spacial score (nSPS) is 12.1. The van der Waals surface area contributed by atoms with Gasteiger partial charge >= 0.3 is 5.97 Å². The van der Waals surface area contributed by atoms with Gasteiger partial charge in [0.2, 0.25) is 0 Å². The molecule has 1 saturated heterocycles. The SMILES string of the molecule is C#CCO.C=C(C)C(=O)OCCC.C=CCO.CC1CCCCC1.CCCCBr.CCCCC.CCCCCl.CCCCO.CCCOC1CCCCO1.CCCOCCC.CCO.CCc1ccc(CO)cc1.OCCSSc1ccccn1. The van der Waals surface area contributed by atoms with Crippen LogP contribution in [0.25, 0.3) is 0 Å². The van der Waals surface area contributed by atoms with Crippen LogP contribution in [0, 0.1) is 18.3 Å². The Morgan fingerprint density at radius 1 is 0.729 bits per heavy atom. The van der Waals surface area contributed by atoms with Gasteiger partial charge in [-0.25, -0.2) is 9.78 Å². The minimum atomic E-state index is -0.295. The number of hydrogen-bond acceptors (Lipinski definition) is 14. The van der Waals surface area contributed by atoms with Crippen LogP contribution in [0.4, 0.5) is 0 Å². The number of aliphatic hydroxyl groups is 6. The molecule has 2 aromatic rings. The maximum absolute atomic E-state index is 10.6. The number of rotatable bonds is 25. The first-order valence-corrected chi connectivity index (χ1v) is 35.8. The van der Waals surface area contributed by atoms with Crippen molar-refractivity contribution in [2.24, 2.45) is 5.92 Å². The summed E-state index contributed by atoms with van der Waals surface area (Å²) in [5, 5.41) is 50.4. The second kappa shape index (κ2) is 104. The van der Waals surface area contributed by atoms with Crippen LogP contribution in [0.1, 0.15) is 236 Å². The number of aliphatic hydroxyl groups excluding tert-OH is 6. The van der Waals surface area contributed by atoms with Gasteiger partial charge in [0.05, 0.1) is 26.4 Å². The van der Waals surface area contributed by atoms with Crippen molar-refractivity contribution in [3.05, 3.63) is 84.6 Å². The van der Waals surface area contributed by atoms with E-state index in [-0.39, 0.29) is 45.3 Å². The zero-order valence-corrected chi connectivity index (χ0v) is 60.5. The topological polar surface area (TPSA) is 188 Å². The predicted octanol–water partition coefficient (Wildman–Crippen LogP) is 18.4. The van der Waals surface area contributed by atoms with E-state index in [0.717, 1.165) is 118 Å². The third-order valence-electron chi connectivity index (χ3n) is 10.0. The molecule has 0 bridgehead atoms. The van der Waals surface area contributed by atoms with E-state index in [1.165, 1.54) is 95.1 Å². The summed E-state index contributed by atoms with van der Waals surface area (Å²) in [4.78, 5) is 14.7. The molecule has 6 N–H and O–H groups in total. The van der Waals surface area contributed by atoms with Gasteiger partial charge in [-0.15, -0.1) is 24.6 Å². The van der Waals surface area contributed by atoms with E-state index in [9.17, 15) is 4.79 Å². The highest BCUT2D eigenvalue weighted by atomic mass is 79.9. The molecule has 2 fully saturated rings. The standard InChI is InChI=1S/C9H12O.C8H16O2.C7H9NOS2.C7H12O2.C7H14.C6H14O.C5H12.C4H9Br.C4H9Cl.C4H10O.C3H6O.C3H4O.C2H6O/c1-2-8-3-5-9(7-10)6-4-8;1-2-6-9-8-5-3-4-7-10-8;9-5-6-10-11-7-3-1-2-4-8-7;1-4-5-9-7(8)6(2)3;1-7-5-3-2-4-6-7;1-3-5-7-6-4-2;1-3-5-4-2;3*1-2-3-4-5;2*1-2-3-4;1-2-3/h3-6,10H,2,7H2,1H3;8H,2-7H2,1H3;1-4,9H,5-6H2;2,4-5H2,1,3H3;7H,2-6H2,1H3;3-6H2,1-2H3;3-5H2,1-2H3;2*2-4H2,1H3;5H,2-4H2,1H3;2,4H,1,3H2;1,4H,3H2;3H,2H2,1H3. The van der Waals surface area contributed by atoms with Gasteiger partial charge in [0.15, 0.2) is 6.29 Å². The third-order valence-corrected chi connectivity index (χ3v) is 13.1. The van der Waals surface area contributed by atoms with Crippen LogP contribution >= 0.6 is 49.1 Å². The summed E-state index contributed by atoms with van der Waals surface area (Å²) in [6.45, 7) is 38.5. The van der Waals surface area contributed by atoms with Crippen molar-refractivity contribution in [3.8, 4) is 12.3 Å². The van der Waals surface area contributed by atoms with Crippen molar-refractivity contribution in [3.63, 3.8) is 0 Å². The lowest BCUT2D eigenvalue weighted by Gasteiger charge is -2.22. The smallest absolute Gasteiger partial charge is 0.333 e. The van der Waals surface area contributed by atoms with Crippen molar-refractivity contribution in [2.45, 2.75) is 249 Å². The van der Waals surface area contributed by atoms with E-state index in [0.29, 0.717) is 18.8 Å². The number of halogens is 2. The molecule has 0 amide bonds. The van der Waals surface area contributed by atoms with E-state index in [1.54, 1.807) is 41.6 Å². The van der Waals surface area contributed by atoms with Gasteiger partial charge in [-0.3, -0.25) is 0 Å². The Balaban J connectivity index is -0.000000107. The summed E-state index contributed by atoms with van der Waals surface area (Å²) in [5.41, 5.74) is 2.76. The van der Waals surface area contributed by atoms with E-state index < -0.39 is 0 Å². The molecular formula is C69H133BrClNO11S2. The molecule has 16 heteroatoms. The maximum atomic E-state index is 10.6. The second-order valence-corrected chi connectivity index (χ2v) is 22.3. The molecule has 506 valence electrons. The fraction of sp³-hybridized carbons (Fsp3) is 0.739. The number of aryl methyl sites for hydroxylation is 1. The van der Waals surface area contributed by atoms with E-state index in [4.69, 9.17) is 61.2 Å². The Morgan fingerprint density at radius 3 is 1.52 bits per heavy atom. The van der Waals surface area contributed by atoms with Crippen LogP contribution in [-0.4, -0.2) is 131 Å². The number of benzene rings is 1. The number of nitrogens with zero attached hydrogens (tertiary/aromatic N) is 1. The molecule has 4 rings (SSSR count). The van der Waals surface area contributed by atoms with Crippen LogP contribution in [0.2, 0.25) is 0 Å². The van der Waals surface area contributed by atoms with Crippen molar-refractivity contribution < 1.29 is 54.4 Å². The maximum Gasteiger partial charge on any atom is 0.333 e. The lowest BCUT2D eigenvalue weighted by atomic mass is 9.91. The summed E-state index contributed by atoms with van der Waals surface area (Å²) in [5.74, 6) is 4.29. The number of esters is 1. The molecule has 1 atom stereocenters. The Bertz CT molecular complexity index is 1410. The molecule has 1 unspecified atom stereocenters. The molecule has 1 aliphatic heterocycles. The van der Waals surface area contributed by atoms with Crippen molar-refractivity contribution in [2.75, 3.05) is 83.0 Å². The molecule has 0 radical (unpaired) electrons. The highest BCUT2D eigenvalue weighted by Gasteiger charge is 2.12. The zero-order valence-electron chi connectivity index (χ0n) is 56.5. The lowest BCUT2D eigenvalue weighted by molar-refractivity contribution is -0.162. The van der Waals surface area contributed by atoms with Gasteiger partial charge in [-0.2, -0.15) is 0 Å². The van der Waals surface area contributed by atoms with Crippen LogP contribution in [0.5, 0.6) is 0 Å². The van der Waals surface area contributed by atoms with Gasteiger partial charge in [0, 0.05) is 68.4 Å². The molecule has 1 saturated carbocycles. The Morgan fingerprint density at radius 2 is 1.24 bits per heavy atom. The van der Waals surface area contributed by atoms with Gasteiger partial charge in [0.25, 0.3) is 0 Å². The van der Waals surface area contributed by atoms with Crippen LogP contribution in [-0.2, 0) is 36.8 Å². The van der Waals surface area contributed by atoms with E-state index in [1.807, 2.05) is 55.3 Å². The van der Waals surface area contributed by atoms with Gasteiger partial charge in [-0.05, 0) is 124 Å². The largest absolute Gasteiger partial charge is 0.462 e. The van der Waals surface area contributed by atoms with Gasteiger partial charge < -0.3 is 49.6 Å². The number of terminal acetylenes is 1.